The van der Waals surface area contributed by atoms with Gasteiger partial charge < -0.3 is 15.0 Å². The normalized spacial score (nSPS) is 22.4. The zero-order chi connectivity index (χ0) is 14.5. The molecule has 0 saturated carbocycles. The van der Waals surface area contributed by atoms with E-state index < -0.39 is 0 Å². The summed E-state index contributed by atoms with van der Waals surface area (Å²) in [4.78, 5) is 2.61. The van der Waals surface area contributed by atoms with Gasteiger partial charge in [-0.05, 0) is 45.4 Å². The Kier molecular flexibility index (Phi) is 6.28. The van der Waals surface area contributed by atoms with Crippen LogP contribution < -0.4 is 5.32 Å². The summed E-state index contributed by atoms with van der Waals surface area (Å²) in [6, 6.07) is 0. The topological polar surface area (TPSA) is 24.5 Å². The van der Waals surface area contributed by atoms with Gasteiger partial charge in [0.1, 0.15) is 0 Å². The predicted molar refractivity (Wildman–Crippen MR) is 82.6 cm³/mol. The molecule has 0 radical (unpaired) electrons. The third kappa shape index (κ3) is 6.24. The lowest BCUT2D eigenvalue weighted by atomic mass is 9.85. The molecule has 114 valence electrons. The first-order valence-corrected chi connectivity index (χ1v) is 7.78. The Balaban J connectivity index is 2.42. The highest BCUT2D eigenvalue weighted by atomic mass is 16.5. The minimum Gasteiger partial charge on any atom is -0.381 e. The number of hydrogen-bond acceptors (Lipinski definition) is 3. The summed E-state index contributed by atoms with van der Waals surface area (Å²) in [5, 5.41) is 3.67. The minimum atomic E-state index is 0.208. The van der Waals surface area contributed by atoms with E-state index in [1.165, 1.54) is 38.9 Å². The second kappa shape index (κ2) is 7.05. The molecule has 1 saturated heterocycles. The second-order valence-electron chi connectivity index (χ2n) is 7.48. The summed E-state index contributed by atoms with van der Waals surface area (Å²) in [6.45, 7) is 16.1. The minimum absolute atomic E-state index is 0.208. The Labute approximate surface area is 120 Å². The van der Waals surface area contributed by atoms with Crippen molar-refractivity contribution in [3.63, 3.8) is 0 Å². The molecule has 0 amide bonds. The fraction of sp³-hybridized carbons (Fsp3) is 1.00. The van der Waals surface area contributed by atoms with Gasteiger partial charge in [-0.2, -0.15) is 0 Å². The third-order valence-corrected chi connectivity index (χ3v) is 4.37. The summed E-state index contributed by atoms with van der Waals surface area (Å²) >= 11 is 0. The van der Waals surface area contributed by atoms with Crippen LogP contribution in [0, 0.1) is 5.41 Å². The first-order chi connectivity index (χ1) is 8.78. The molecule has 19 heavy (non-hydrogen) atoms. The number of nitrogens with zero attached hydrogens (tertiary/aromatic N) is 1. The smallest absolute Gasteiger partial charge is 0.0595 e. The molecule has 1 fully saturated rings. The molecule has 0 aromatic heterocycles. The Hall–Kier alpha value is -0.120. The van der Waals surface area contributed by atoms with Gasteiger partial charge in [0.05, 0.1) is 6.10 Å². The third-order valence-electron chi connectivity index (χ3n) is 4.37. The van der Waals surface area contributed by atoms with Crippen molar-refractivity contribution in [2.75, 3.05) is 33.3 Å². The predicted octanol–water partition coefficient (Wildman–Crippen LogP) is 2.90. The van der Waals surface area contributed by atoms with Crippen molar-refractivity contribution in [1.29, 1.82) is 0 Å². The average molecular weight is 270 g/mol. The van der Waals surface area contributed by atoms with Gasteiger partial charge in [-0.3, -0.25) is 0 Å². The monoisotopic (exact) mass is 270 g/mol. The first kappa shape index (κ1) is 16.9. The molecular formula is C16H34N2O. The number of likely N-dealkylation sites (tertiary alicyclic amines) is 1. The molecule has 0 aromatic rings. The van der Waals surface area contributed by atoms with E-state index in [9.17, 15) is 0 Å². The van der Waals surface area contributed by atoms with Crippen LogP contribution in [0.3, 0.4) is 0 Å². The van der Waals surface area contributed by atoms with Crippen molar-refractivity contribution in [3.05, 3.63) is 0 Å². The lowest BCUT2D eigenvalue weighted by Gasteiger charge is -2.40. The Morgan fingerprint density at radius 1 is 1.16 bits per heavy atom. The maximum absolute atomic E-state index is 5.45. The summed E-state index contributed by atoms with van der Waals surface area (Å²) in [5.74, 6) is 0. The highest BCUT2D eigenvalue weighted by Gasteiger charge is 2.29. The molecule has 1 heterocycles. The zero-order valence-electron chi connectivity index (χ0n) is 13.9. The number of methoxy groups -OCH3 is 1. The number of nitrogens with one attached hydrogen (secondary N) is 1. The van der Waals surface area contributed by atoms with E-state index in [2.05, 4.69) is 44.8 Å². The molecule has 1 N–H and O–H groups in total. The summed E-state index contributed by atoms with van der Waals surface area (Å²) < 4.78 is 5.45. The second-order valence-corrected chi connectivity index (χ2v) is 7.48. The van der Waals surface area contributed by atoms with Crippen LogP contribution in [0.1, 0.15) is 53.9 Å². The van der Waals surface area contributed by atoms with Crippen LogP contribution in [0.15, 0.2) is 0 Å². The number of rotatable bonds is 6. The highest BCUT2D eigenvalue weighted by molar-refractivity contribution is 4.85. The summed E-state index contributed by atoms with van der Waals surface area (Å²) in [6.07, 6.45) is 4.07. The zero-order valence-corrected chi connectivity index (χ0v) is 13.9. The van der Waals surface area contributed by atoms with Crippen molar-refractivity contribution in [1.82, 2.24) is 10.2 Å². The van der Waals surface area contributed by atoms with E-state index in [4.69, 9.17) is 4.74 Å². The van der Waals surface area contributed by atoms with E-state index >= 15 is 0 Å². The van der Waals surface area contributed by atoms with E-state index in [0.717, 1.165) is 6.54 Å². The number of piperidine rings is 1. The maximum Gasteiger partial charge on any atom is 0.0595 e. The Morgan fingerprint density at radius 3 is 2.16 bits per heavy atom. The van der Waals surface area contributed by atoms with Crippen LogP contribution in [-0.2, 0) is 4.74 Å². The van der Waals surface area contributed by atoms with Crippen molar-refractivity contribution >= 4 is 0 Å². The summed E-state index contributed by atoms with van der Waals surface area (Å²) in [7, 11) is 1.84. The van der Waals surface area contributed by atoms with E-state index in [-0.39, 0.29) is 5.54 Å². The van der Waals surface area contributed by atoms with E-state index in [0.29, 0.717) is 11.5 Å². The maximum atomic E-state index is 5.45. The molecule has 0 aliphatic carbocycles. The SMILES string of the molecule is CCC(C)(CNC(C)(C)C)CN1CCC(OC)CC1. The molecule has 0 bridgehead atoms. The largest absolute Gasteiger partial charge is 0.381 e. The highest BCUT2D eigenvalue weighted by Crippen LogP contribution is 2.25. The van der Waals surface area contributed by atoms with Gasteiger partial charge >= 0.3 is 0 Å². The number of ether oxygens (including phenoxy) is 1. The fourth-order valence-corrected chi connectivity index (χ4v) is 2.61. The van der Waals surface area contributed by atoms with E-state index in [1.54, 1.807) is 0 Å². The van der Waals surface area contributed by atoms with Crippen LogP contribution in [-0.4, -0.2) is 49.8 Å². The van der Waals surface area contributed by atoms with Crippen LogP contribution >= 0.6 is 0 Å². The molecule has 1 atom stereocenters. The van der Waals surface area contributed by atoms with Crippen molar-refractivity contribution < 1.29 is 4.74 Å². The average Bonchev–Trinajstić information content (AvgIpc) is 2.37. The molecular weight excluding hydrogens is 236 g/mol. The molecule has 1 aliphatic heterocycles. The molecule has 1 unspecified atom stereocenters. The van der Waals surface area contributed by atoms with Crippen LogP contribution in [0.5, 0.6) is 0 Å². The van der Waals surface area contributed by atoms with Crippen LogP contribution in [0.2, 0.25) is 0 Å². The van der Waals surface area contributed by atoms with E-state index in [1.807, 2.05) is 7.11 Å². The van der Waals surface area contributed by atoms with Crippen molar-refractivity contribution in [3.8, 4) is 0 Å². The molecule has 0 aromatic carbocycles. The van der Waals surface area contributed by atoms with Crippen molar-refractivity contribution in [2.24, 2.45) is 5.41 Å². The van der Waals surface area contributed by atoms with Gasteiger partial charge in [-0.15, -0.1) is 0 Å². The molecule has 3 heteroatoms. The first-order valence-electron chi connectivity index (χ1n) is 7.78. The van der Waals surface area contributed by atoms with Crippen molar-refractivity contribution in [2.45, 2.75) is 65.5 Å². The van der Waals surface area contributed by atoms with Crippen LogP contribution in [0.25, 0.3) is 0 Å². The Morgan fingerprint density at radius 2 is 1.74 bits per heavy atom. The molecule has 3 nitrogen and oxygen atoms in total. The van der Waals surface area contributed by atoms with Gasteiger partial charge in [0.25, 0.3) is 0 Å². The fourth-order valence-electron chi connectivity index (χ4n) is 2.61. The standard InChI is InChI=1S/C16H34N2O/c1-7-16(5,12-17-15(2,3)4)13-18-10-8-14(19-6)9-11-18/h14,17H,7-13H2,1-6H3. The van der Waals surface area contributed by atoms with Crippen LogP contribution in [0.4, 0.5) is 0 Å². The summed E-state index contributed by atoms with van der Waals surface area (Å²) in [5.41, 5.74) is 0.576. The number of hydrogen-bond donors (Lipinski definition) is 1. The van der Waals surface area contributed by atoms with Gasteiger partial charge in [0.15, 0.2) is 0 Å². The molecule has 1 rings (SSSR count). The van der Waals surface area contributed by atoms with Gasteiger partial charge in [-0.1, -0.05) is 13.8 Å². The lowest BCUT2D eigenvalue weighted by molar-refractivity contribution is 0.0267. The lowest BCUT2D eigenvalue weighted by Crippen LogP contribution is -2.49. The molecule has 0 spiro atoms. The van der Waals surface area contributed by atoms with Gasteiger partial charge in [0, 0.05) is 38.8 Å². The quantitative estimate of drug-likeness (QED) is 0.803. The Bertz CT molecular complexity index is 254. The van der Waals surface area contributed by atoms with Gasteiger partial charge in [0.2, 0.25) is 0 Å². The van der Waals surface area contributed by atoms with Gasteiger partial charge in [-0.25, -0.2) is 0 Å². The molecule has 1 aliphatic rings.